The van der Waals surface area contributed by atoms with E-state index in [1.165, 1.54) is 22.6 Å². The van der Waals surface area contributed by atoms with E-state index in [1.54, 1.807) is 0 Å². The maximum absolute atomic E-state index is 12.2. The van der Waals surface area contributed by atoms with Gasteiger partial charge in [0, 0.05) is 0 Å². The van der Waals surface area contributed by atoms with Crippen molar-refractivity contribution in [1.82, 2.24) is 4.98 Å². The summed E-state index contributed by atoms with van der Waals surface area (Å²) in [6.07, 6.45) is -4.22. The molecule has 6 nitrogen and oxygen atoms in total. The second kappa shape index (κ2) is 5.05. The summed E-state index contributed by atoms with van der Waals surface area (Å²) < 4.78 is 66.7. The van der Waals surface area contributed by atoms with Crippen molar-refractivity contribution in [1.29, 1.82) is 0 Å². The van der Waals surface area contributed by atoms with Crippen LogP contribution in [0.3, 0.4) is 0 Å². The van der Waals surface area contributed by atoms with Crippen molar-refractivity contribution in [2.75, 3.05) is 7.11 Å². The molecule has 0 aromatic carbocycles. The first-order chi connectivity index (χ1) is 8.06. The van der Waals surface area contributed by atoms with Gasteiger partial charge in [-0.15, -0.1) is 13.2 Å². The minimum Gasteiger partial charge on any atom is -0.478 e. The lowest BCUT2D eigenvalue weighted by Crippen LogP contribution is -2.21. The standard InChI is InChI=1S/C7H6F3IN2O4S/c1-16-6-5(17-7(8,9)10)4(11)3(2-13-6)18(12,14)15/h2H,1H3,(H2,12,14,15). The van der Waals surface area contributed by atoms with Crippen molar-refractivity contribution < 1.29 is 31.1 Å². The van der Waals surface area contributed by atoms with Crippen LogP contribution >= 0.6 is 22.6 Å². The first-order valence-electron chi connectivity index (χ1n) is 4.07. The summed E-state index contributed by atoms with van der Waals surface area (Å²) >= 11 is 1.35. The predicted octanol–water partition coefficient (Wildman–Crippen LogP) is 1.24. The molecule has 2 N–H and O–H groups in total. The molecule has 102 valence electrons. The Morgan fingerprint density at radius 1 is 1.44 bits per heavy atom. The van der Waals surface area contributed by atoms with Crippen molar-refractivity contribution >= 4 is 32.6 Å². The van der Waals surface area contributed by atoms with Gasteiger partial charge in [-0.25, -0.2) is 18.5 Å². The number of pyridine rings is 1. The van der Waals surface area contributed by atoms with E-state index in [2.05, 4.69) is 14.5 Å². The van der Waals surface area contributed by atoms with Crippen molar-refractivity contribution in [2.45, 2.75) is 11.3 Å². The number of primary sulfonamides is 1. The summed E-state index contributed by atoms with van der Waals surface area (Å²) in [5.74, 6) is -1.35. The Labute approximate surface area is 113 Å². The van der Waals surface area contributed by atoms with Gasteiger partial charge < -0.3 is 9.47 Å². The SMILES string of the molecule is COc1ncc(S(N)(=O)=O)c(I)c1OC(F)(F)F. The third kappa shape index (κ3) is 3.58. The summed E-state index contributed by atoms with van der Waals surface area (Å²) in [4.78, 5) is 2.82. The van der Waals surface area contributed by atoms with Crippen molar-refractivity contribution in [3.05, 3.63) is 9.77 Å². The van der Waals surface area contributed by atoms with Gasteiger partial charge in [0.05, 0.1) is 16.9 Å². The molecule has 0 bridgehead atoms. The zero-order valence-corrected chi connectivity index (χ0v) is 11.6. The Morgan fingerprint density at radius 3 is 2.39 bits per heavy atom. The molecule has 1 aromatic rings. The third-order valence-electron chi connectivity index (χ3n) is 1.63. The minimum atomic E-state index is -5.01. The van der Waals surface area contributed by atoms with Crippen LogP contribution in [-0.4, -0.2) is 26.9 Å². The number of aromatic nitrogens is 1. The van der Waals surface area contributed by atoms with E-state index >= 15 is 0 Å². The summed E-state index contributed by atoms with van der Waals surface area (Å²) in [6, 6.07) is 0. The van der Waals surface area contributed by atoms with Crippen LogP contribution < -0.4 is 14.6 Å². The maximum atomic E-state index is 12.2. The number of halogens is 4. The molecule has 1 rings (SSSR count). The van der Waals surface area contributed by atoms with Gasteiger partial charge in [0.15, 0.2) is 0 Å². The van der Waals surface area contributed by atoms with E-state index in [0.29, 0.717) is 0 Å². The monoisotopic (exact) mass is 398 g/mol. The van der Waals surface area contributed by atoms with Crippen LogP contribution in [0.25, 0.3) is 0 Å². The van der Waals surface area contributed by atoms with E-state index in [9.17, 15) is 21.6 Å². The molecule has 0 atom stereocenters. The molecule has 1 aromatic heterocycles. The molecule has 0 fully saturated rings. The fourth-order valence-electron chi connectivity index (χ4n) is 0.986. The van der Waals surface area contributed by atoms with E-state index < -0.39 is 32.9 Å². The topological polar surface area (TPSA) is 91.5 Å². The molecule has 0 aliphatic rings. The third-order valence-corrected chi connectivity index (χ3v) is 3.99. The van der Waals surface area contributed by atoms with Crippen LogP contribution in [0.5, 0.6) is 11.6 Å². The Morgan fingerprint density at radius 2 is 2.00 bits per heavy atom. The maximum Gasteiger partial charge on any atom is 0.573 e. The molecule has 0 spiro atoms. The highest BCUT2D eigenvalue weighted by atomic mass is 127. The molecule has 0 aliphatic carbocycles. The summed E-state index contributed by atoms with van der Waals surface area (Å²) in [5.41, 5.74) is 0. The zero-order valence-electron chi connectivity index (χ0n) is 8.66. The van der Waals surface area contributed by atoms with E-state index in [4.69, 9.17) is 5.14 Å². The van der Waals surface area contributed by atoms with Gasteiger partial charge in [0.1, 0.15) is 4.90 Å². The molecule has 0 unspecified atom stereocenters. The van der Waals surface area contributed by atoms with Gasteiger partial charge >= 0.3 is 6.36 Å². The van der Waals surface area contributed by atoms with Crippen molar-refractivity contribution in [3.63, 3.8) is 0 Å². The van der Waals surface area contributed by atoms with Gasteiger partial charge in [-0.1, -0.05) is 0 Å². The quantitative estimate of drug-likeness (QED) is 0.774. The lowest BCUT2D eigenvalue weighted by Gasteiger charge is -2.14. The molecule has 11 heteroatoms. The number of methoxy groups -OCH3 is 1. The van der Waals surface area contributed by atoms with Gasteiger partial charge in [-0.2, -0.15) is 0 Å². The summed E-state index contributed by atoms with van der Waals surface area (Å²) in [6.45, 7) is 0. The Hall–Kier alpha value is -0.820. The summed E-state index contributed by atoms with van der Waals surface area (Å²) in [7, 11) is -3.14. The molecule has 0 saturated heterocycles. The van der Waals surface area contributed by atoms with E-state index in [-0.39, 0.29) is 3.57 Å². The fourth-order valence-corrected chi connectivity index (χ4v) is 2.93. The van der Waals surface area contributed by atoms with Gasteiger partial charge in [-0.05, 0) is 22.6 Å². The van der Waals surface area contributed by atoms with Crippen molar-refractivity contribution in [2.24, 2.45) is 5.14 Å². The van der Waals surface area contributed by atoms with Crippen LogP contribution in [0.2, 0.25) is 0 Å². The smallest absolute Gasteiger partial charge is 0.478 e. The second-order valence-corrected chi connectivity index (χ2v) is 5.48. The largest absolute Gasteiger partial charge is 0.573 e. The van der Waals surface area contributed by atoms with Gasteiger partial charge in [0.2, 0.25) is 15.8 Å². The van der Waals surface area contributed by atoms with E-state index in [1.807, 2.05) is 0 Å². The van der Waals surface area contributed by atoms with Crippen LogP contribution in [0.1, 0.15) is 0 Å². The molecular formula is C7H6F3IN2O4S. The van der Waals surface area contributed by atoms with Gasteiger partial charge in [-0.3, -0.25) is 0 Å². The minimum absolute atomic E-state index is 0.362. The highest BCUT2D eigenvalue weighted by molar-refractivity contribution is 14.1. The molecular weight excluding hydrogens is 392 g/mol. The average Bonchev–Trinajstić information content (AvgIpc) is 2.17. The molecule has 0 radical (unpaired) electrons. The Kier molecular flexibility index (Phi) is 4.27. The fraction of sp³-hybridized carbons (Fsp3) is 0.286. The number of alkyl halides is 3. The molecule has 1 heterocycles. The van der Waals surface area contributed by atoms with Crippen LogP contribution in [0.15, 0.2) is 11.1 Å². The normalized spacial score (nSPS) is 12.3. The Bertz CT molecular complexity index is 561. The predicted molar refractivity (Wildman–Crippen MR) is 61.6 cm³/mol. The zero-order chi connectivity index (χ0) is 14.1. The lowest BCUT2D eigenvalue weighted by atomic mass is 10.4. The number of hydrogen-bond donors (Lipinski definition) is 1. The van der Waals surface area contributed by atoms with Crippen LogP contribution in [-0.2, 0) is 10.0 Å². The summed E-state index contributed by atoms with van der Waals surface area (Å²) in [5, 5.41) is 4.83. The van der Waals surface area contributed by atoms with Crippen LogP contribution in [0.4, 0.5) is 13.2 Å². The number of ether oxygens (including phenoxy) is 2. The molecule has 0 saturated carbocycles. The molecule has 0 aliphatic heterocycles. The first kappa shape index (κ1) is 15.2. The van der Waals surface area contributed by atoms with Crippen LogP contribution in [0, 0.1) is 3.57 Å². The highest BCUT2D eigenvalue weighted by Gasteiger charge is 2.35. The number of rotatable bonds is 3. The number of nitrogens with two attached hydrogens (primary N) is 1. The molecule has 0 amide bonds. The average molecular weight is 398 g/mol. The number of nitrogens with zero attached hydrogens (tertiary/aromatic N) is 1. The highest BCUT2D eigenvalue weighted by Crippen LogP contribution is 2.37. The lowest BCUT2D eigenvalue weighted by molar-refractivity contribution is -0.275. The first-order valence-corrected chi connectivity index (χ1v) is 6.70. The van der Waals surface area contributed by atoms with Crippen molar-refractivity contribution in [3.8, 4) is 11.6 Å². The second-order valence-electron chi connectivity index (χ2n) is 2.87. The van der Waals surface area contributed by atoms with E-state index in [0.717, 1.165) is 13.3 Å². The molecule has 18 heavy (non-hydrogen) atoms. The Balaban J connectivity index is 3.46. The number of sulfonamides is 1. The van der Waals surface area contributed by atoms with Gasteiger partial charge in [0.25, 0.3) is 5.88 Å². The number of hydrogen-bond acceptors (Lipinski definition) is 5.